The molecule has 1 amide bonds. The first-order valence-corrected chi connectivity index (χ1v) is 8.22. The lowest BCUT2D eigenvalue weighted by molar-refractivity contribution is 0.0938. The molecule has 108 valence electrons. The van der Waals surface area contributed by atoms with E-state index in [1.807, 2.05) is 18.2 Å². The monoisotopic (exact) mass is 383 g/mol. The third kappa shape index (κ3) is 2.83. The Labute approximate surface area is 141 Å². The van der Waals surface area contributed by atoms with Gasteiger partial charge in [0.15, 0.2) is 0 Å². The van der Waals surface area contributed by atoms with Crippen LogP contribution in [0.5, 0.6) is 0 Å². The predicted octanol–water partition coefficient (Wildman–Crippen LogP) is 4.78. The molecule has 1 aliphatic rings. The first kappa shape index (κ1) is 14.9. The number of carbonyl (C=O) groups is 1. The van der Waals surface area contributed by atoms with Crippen molar-refractivity contribution in [1.82, 2.24) is 5.32 Å². The van der Waals surface area contributed by atoms with Crippen LogP contribution in [0.4, 0.5) is 0 Å². The maximum Gasteiger partial charge on any atom is 0.253 e. The highest BCUT2D eigenvalue weighted by Crippen LogP contribution is 2.36. The molecule has 21 heavy (non-hydrogen) atoms. The van der Waals surface area contributed by atoms with Crippen molar-refractivity contribution in [3.05, 3.63) is 69.2 Å². The van der Waals surface area contributed by atoms with Crippen LogP contribution >= 0.6 is 39.1 Å². The minimum Gasteiger partial charge on any atom is -0.344 e. The Kier molecular flexibility index (Phi) is 4.25. The molecule has 2 unspecified atom stereocenters. The molecule has 1 N–H and O–H groups in total. The van der Waals surface area contributed by atoms with Crippen molar-refractivity contribution < 1.29 is 4.79 Å². The average molecular weight is 385 g/mol. The van der Waals surface area contributed by atoms with Gasteiger partial charge in [-0.1, -0.05) is 69.5 Å². The van der Waals surface area contributed by atoms with Crippen molar-refractivity contribution in [2.75, 3.05) is 0 Å². The fourth-order valence-corrected chi connectivity index (χ4v) is 3.76. The van der Waals surface area contributed by atoms with E-state index >= 15 is 0 Å². The highest BCUT2D eigenvalue weighted by atomic mass is 79.9. The first-order valence-electron chi connectivity index (χ1n) is 6.54. The topological polar surface area (TPSA) is 29.1 Å². The molecule has 2 atom stereocenters. The molecule has 0 spiro atoms. The number of carbonyl (C=O) groups excluding carboxylic acids is 1. The third-order valence-corrected chi connectivity index (χ3v) is 5.32. The standard InChI is InChI=1S/C16H12BrCl2NO/c17-12-8-9-4-1-2-5-10(9)15(12)20-16(21)11-6-3-7-13(18)14(11)19/h1-7,12,15H,8H2,(H,20,21). The summed E-state index contributed by atoms with van der Waals surface area (Å²) in [6, 6.07) is 13.1. The molecule has 0 fully saturated rings. The van der Waals surface area contributed by atoms with Crippen LogP contribution in [0.15, 0.2) is 42.5 Å². The molecule has 2 nitrogen and oxygen atoms in total. The Morgan fingerprint density at radius 1 is 1.14 bits per heavy atom. The van der Waals surface area contributed by atoms with Crippen LogP contribution in [0.2, 0.25) is 10.0 Å². The van der Waals surface area contributed by atoms with E-state index in [0.717, 1.165) is 12.0 Å². The third-order valence-electron chi connectivity index (χ3n) is 3.65. The van der Waals surface area contributed by atoms with Crippen LogP contribution in [0, 0.1) is 0 Å². The van der Waals surface area contributed by atoms with Gasteiger partial charge in [0, 0.05) is 4.83 Å². The van der Waals surface area contributed by atoms with Gasteiger partial charge in [-0.15, -0.1) is 0 Å². The number of hydrogen-bond donors (Lipinski definition) is 1. The zero-order valence-corrected chi connectivity index (χ0v) is 14.0. The molecule has 5 heteroatoms. The van der Waals surface area contributed by atoms with Gasteiger partial charge in [0.25, 0.3) is 5.91 Å². The molecule has 1 aliphatic carbocycles. The molecule has 3 rings (SSSR count). The average Bonchev–Trinajstić information content (AvgIpc) is 2.78. The zero-order valence-electron chi connectivity index (χ0n) is 10.9. The van der Waals surface area contributed by atoms with Gasteiger partial charge in [0.2, 0.25) is 0 Å². The molecule has 0 bridgehead atoms. The number of alkyl halides is 1. The van der Waals surface area contributed by atoms with Gasteiger partial charge in [-0.05, 0) is 29.7 Å². The minimum absolute atomic E-state index is 0.0660. The summed E-state index contributed by atoms with van der Waals surface area (Å²) in [4.78, 5) is 12.6. The van der Waals surface area contributed by atoms with Crippen molar-refractivity contribution in [2.45, 2.75) is 17.3 Å². The van der Waals surface area contributed by atoms with Gasteiger partial charge in [-0.2, -0.15) is 0 Å². The second kappa shape index (κ2) is 5.99. The summed E-state index contributed by atoms with van der Waals surface area (Å²) >= 11 is 15.7. The fraction of sp³-hybridized carbons (Fsp3) is 0.188. The molecule has 0 heterocycles. The lowest BCUT2D eigenvalue weighted by atomic mass is 10.1. The Morgan fingerprint density at radius 2 is 1.90 bits per heavy atom. The van der Waals surface area contributed by atoms with Gasteiger partial charge in [0.05, 0.1) is 21.7 Å². The minimum atomic E-state index is -0.214. The number of rotatable bonds is 2. The van der Waals surface area contributed by atoms with E-state index in [9.17, 15) is 4.79 Å². The van der Waals surface area contributed by atoms with Crippen LogP contribution in [0.1, 0.15) is 27.5 Å². The van der Waals surface area contributed by atoms with Crippen molar-refractivity contribution in [1.29, 1.82) is 0 Å². The van der Waals surface area contributed by atoms with E-state index < -0.39 is 0 Å². The molecule has 0 aliphatic heterocycles. The SMILES string of the molecule is O=C(NC1c2ccccc2CC1Br)c1cccc(Cl)c1Cl. The number of amides is 1. The number of benzene rings is 2. The molecule has 0 radical (unpaired) electrons. The second-order valence-corrected chi connectivity index (χ2v) is 6.93. The van der Waals surface area contributed by atoms with Gasteiger partial charge in [-0.25, -0.2) is 0 Å². The summed E-state index contributed by atoms with van der Waals surface area (Å²) in [5, 5.41) is 3.71. The van der Waals surface area contributed by atoms with E-state index in [1.165, 1.54) is 5.56 Å². The quantitative estimate of drug-likeness (QED) is 0.741. The summed E-state index contributed by atoms with van der Waals surface area (Å²) in [7, 11) is 0. The Hall–Kier alpha value is -1.03. The molecule has 0 aromatic heterocycles. The summed E-state index contributed by atoms with van der Waals surface area (Å²) in [5.41, 5.74) is 2.79. The Bertz CT molecular complexity index is 704. The number of nitrogens with one attached hydrogen (secondary N) is 1. The Balaban J connectivity index is 1.87. The molecular weight excluding hydrogens is 373 g/mol. The number of halogens is 3. The maximum atomic E-state index is 12.5. The molecule has 2 aromatic carbocycles. The molecule has 2 aromatic rings. The van der Waals surface area contributed by atoms with E-state index in [-0.39, 0.29) is 21.8 Å². The van der Waals surface area contributed by atoms with Gasteiger partial charge in [0.1, 0.15) is 0 Å². The molecule has 0 saturated carbocycles. The van der Waals surface area contributed by atoms with Gasteiger partial charge in [-0.3, -0.25) is 4.79 Å². The highest BCUT2D eigenvalue weighted by molar-refractivity contribution is 9.09. The fourth-order valence-electron chi connectivity index (χ4n) is 2.61. The normalized spacial score (nSPS) is 20.1. The van der Waals surface area contributed by atoms with E-state index in [2.05, 4.69) is 27.3 Å². The molecule has 0 saturated heterocycles. The smallest absolute Gasteiger partial charge is 0.253 e. The predicted molar refractivity (Wildman–Crippen MR) is 89.5 cm³/mol. The summed E-state index contributed by atoms with van der Waals surface area (Å²) < 4.78 is 0. The largest absolute Gasteiger partial charge is 0.344 e. The van der Waals surface area contributed by atoms with Crippen LogP contribution in [-0.2, 0) is 6.42 Å². The summed E-state index contributed by atoms with van der Waals surface area (Å²) in [6.45, 7) is 0. The zero-order chi connectivity index (χ0) is 15.0. The highest BCUT2D eigenvalue weighted by Gasteiger charge is 2.32. The van der Waals surface area contributed by atoms with Crippen LogP contribution in [0.25, 0.3) is 0 Å². The van der Waals surface area contributed by atoms with Crippen LogP contribution in [-0.4, -0.2) is 10.7 Å². The number of fused-ring (bicyclic) bond motifs is 1. The Morgan fingerprint density at radius 3 is 2.71 bits per heavy atom. The van der Waals surface area contributed by atoms with Crippen molar-refractivity contribution >= 4 is 45.0 Å². The van der Waals surface area contributed by atoms with E-state index in [4.69, 9.17) is 23.2 Å². The van der Waals surface area contributed by atoms with Crippen molar-refractivity contribution in [2.24, 2.45) is 0 Å². The van der Waals surface area contributed by atoms with Crippen LogP contribution < -0.4 is 5.32 Å². The maximum absolute atomic E-state index is 12.5. The van der Waals surface area contributed by atoms with E-state index in [0.29, 0.717) is 10.6 Å². The first-order chi connectivity index (χ1) is 10.1. The van der Waals surface area contributed by atoms with E-state index in [1.54, 1.807) is 18.2 Å². The van der Waals surface area contributed by atoms with Gasteiger partial charge < -0.3 is 5.32 Å². The number of hydrogen-bond acceptors (Lipinski definition) is 1. The van der Waals surface area contributed by atoms with Crippen molar-refractivity contribution in [3.63, 3.8) is 0 Å². The summed E-state index contributed by atoms with van der Waals surface area (Å²) in [5.74, 6) is -0.214. The molecular formula is C16H12BrCl2NO. The summed E-state index contributed by atoms with van der Waals surface area (Å²) in [6.07, 6.45) is 0.893. The van der Waals surface area contributed by atoms with Crippen molar-refractivity contribution in [3.8, 4) is 0 Å². The lowest BCUT2D eigenvalue weighted by Gasteiger charge is -2.18. The van der Waals surface area contributed by atoms with Gasteiger partial charge >= 0.3 is 0 Å². The van der Waals surface area contributed by atoms with Crippen LogP contribution in [0.3, 0.4) is 0 Å². The lowest BCUT2D eigenvalue weighted by Crippen LogP contribution is -2.31. The second-order valence-electron chi connectivity index (χ2n) is 4.97.